The number of benzene rings is 2. The quantitative estimate of drug-likeness (QED) is 0.423. The number of fused-ring (bicyclic) bond motifs is 2. The first-order chi connectivity index (χ1) is 19.2. The second kappa shape index (κ2) is 10.4. The lowest BCUT2D eigenvalue weighted by Gasteiger charge is -2.30. The molecule has 3 heterocycles. The van der Waals surface area contributed by atoms with Crippen molar-refractivity contribution in [2.75, 3.05) is 35.9 Å². The molecule has 0 bridgehead atoms. The SMILES string of the molecule is O=C(c1cccc2c1N(S(=O)(=O)c1ccc(OC(F)(F)F)cc1)Cc1ccc(C(F)(F)F)nc1N2)N1CCOCC1. The molecule has 0 atom stereocenters. The Hall–Kier alpha value is -4.05. The standard InChI is InChI=1S/C25H20F6N4O5S/c26-24(27,28)20-9-4-15-14-35(41(37,38)17-7-5-16(6-8-17)40-25(29,30)31)21-18(23(36)34-10-12-39-13-11-34)2-1-3-19(21)32-22(15)33-20/h1-9H,10-14H2,(H,32,33). The lowest BCUT2D eigenvalue weighted by molar-refractivity contribution is -0.274. The molecule has 0 radical (unpaired) electrons. The number of halogens is 6. The van der Waals surface area contributed by atoms with Crippen molar-refractivity contribution in [3.8, 4) is 5.75 Å². The number of alkyl halides is 6. The van der Waals surface area contributed by atoms with E-state index in [1.54, 1.807) is 0 Å². The number of nitrogens with one attached hydrogen (secondary N) is 1. The molecule has 2 aliphatic rings. The molecule has 16 heteroatoms. The maximum Gasteiger partial charge on any atom is 0.573 e. The molecule has 41 heavy (non-hydrogen) atoms. The molecule has 2 aliphatic heterocycles. The van der Waals surface area contributed by atoms with Crippen molar-refractivity contribution < 1.29 is 49.0 Å². The van der Waals surface area contributed by atoms with Crippen molar-refractivity contribution in [3.05, 3.63) is 71.4 Å². The summed E-state index contributed by atoms with van der Waals surface area (Å²) < 4.78 is 116. The molecule has 1 amide bonds. The summed E-state index contributed by atoms with van der Waals surface area (Å²) in [6, 6.07) is 9.38. The molecular weight excluding hydrogens is 582 g/mol. The highest BCUT2D eigenvalue weighted by Gasteiger charge is 2.38. The van der Waals surface area contributed by atoms with Crippen molar-refractivity contribution in [2.24, 2.45) is 0 Å². The van der Waals surface area contributed by atoms with Crippen LogP contribution in [0, 0.1) is 0 Å². The van der Waals surface area contributed by atoms with Gasteiger partial charge in [0.1, 0.15) is 17.3 Å². The summed E-state index contributed by atoms with van der Waals surface area (Å²) in [4.78, 5) is 18.2. The number of anilines is 3. The number of para-hydroxylation sites is 1. The maximum absolute atomic E-state index is 14.0. The number of sulfonamides is 1. The molecular formula is C25H20F6N4O5S. The molecule has 3 aromatic rings. The molecule has 0 saturated carbocycles. The second-order valence-corrected chi connectivity index (χ2v) is 10.8. The Kier molecular flexibility index (Phi) is 7.23. The number of amides is 1. The highest BCUT2D eigenvalue weighted by molar-refractivity contribution is 7.92. The second-order valence-electron chi connectivity index (χ2n) is 8.96. The minimum atomic E-state index is -5.00. The number of carbonyl (C=O) groups is 1. The largest absolute Gasteiger partial charge is 0.573 e. The third kappa shape index (κ3) is 5.88. The number of morpholine rings is 1. The van der Waals surface area contributed by atoms with Gasteiger partial charge in [-0.1, -0.05) is 12.1 Å². The van der Waals surface area contributed by atoms with Gasteiger partial charge in [0.25, 0.3) is 15.9 Å². The Morgan fingerprint density at radius 1 is 0.951 bits per heavy atom. The fourth-order valence-corrected chi connectivity index (χ4v) is 5.89. The molecule has 218 valence electrons. The average Bonchev–Trinajstić information content (AvgIpc) is 3.09. The Morgan fingerprint density at radius 2 is 1.63 bits per heavy atom. The lowest BCUT2D eigenvalue weighted by atomic mass is 10.1. The van der Waals surface area contributed by atoms with Crippen LogP contribution in [0.25, 0.3) is 0 Å². The number of hydrogen-bond donors (Lipinski definition) is 1. The first-order valence-corrected chi connectivity index (χ1v) is 13.4. The zero-order valence-electron chi connectivity index (χ0n) is 20.8. The Labute approximate surface area is 229 Å². The third-order valence-electron chi connectivity index (χ3n) is 6.30. The number of aromatic nitrogens is 1. The molecule has 1 fully saturated rings. The predicted molar refractivity (Wildman–Crippen MR) is 132 cm³/mol. The van der Waals surface area contributed by atoms with Crippen molar-refractivity contribution in [2.45, 2.75) is 24.0 Å². The molecule has 1 saturated heterocycles. The molecule has 0 unspecified atom stereocenters. The average molecular weight is 603 g/mol. The van der Waals surface area contributed by atoms with E-state index in [-0.39, 0.29) is 54.6 Å². The van der Waals surface area contributed by atoms with Gasteiger partial charge < -0.3 is 19.7 Å². The van der Waals surface area contributed by atoms with E-state index in [0.29, 0.717) is 6.07 Å². The van der Waals surface area contributed by atoms with Crippen LogP contribution in [-0.4, -0.2) is 56.9 Å². The van der Waals surface area contributed by atoms with Crippen molar-refractivity contribution in [3.63, 3.8) is 0 Å². The fraction of sp³-hybridized carbons (Fsp3) is 0.280. The highest BCUT2D eigenvalue weighted by atomic mass is 32.2. The van der Waals surface area contributed by atoms with E-state index in [1.807, 2.05) is 0 Å². The number of nitrogens with zero attached hydrogens (tertiary/aromatic N) is 3. The zero-order chi connectivity index (χ0) is 29.6. The predicted octanol–water partition coefficient (Wildman–Crippen LogP) is 4.92. The van der Waals surface area contributed by atoms with E-state index < -0.39 is 51.4 Å². The van der Waals surface area contributed by atoms with E-state index in [2.05, 4.69) is 15.0 Å². The first-order valence-electron chi connectivity index (χ1n) is 12.0. The molecule has 5 rings (SSSR count). The van der Waals surface area contributed by atoms with Gasteiger partial charge in [-0.3, -0.25) is 9.10 Å². The number of pyridine rings is 1. The topological polar surface area (TPSA) is 101 Å². The van der Waals surface area contributed by atoms with Crippen LogP contribution in [0.1, 0.15) is 21.6 Å². The molecule has 1 N–H and O–H groups in total. The van der Waals surface area contributed by atoms with Crippen molar-refractivity contribution in [1.29, 1.82) is 0 Å². The number of hydrogen-bond acceptors (Lipinski definition) is 7. The van der Waals surface area contributed by atoms with Gasteiger partial charge in [0.2, 0.25) is 0 Å². The van der Waals surface area contributed by atoms with Crippen LogP contribution < -0.4 is 14.4 Å². The van der Waals surface area contributed by atoms with Crippen LogP contribution in [-0.2, 0) is 27.5 Å². The van der Waals surface area contributed by atoms with E-state index in [1.165, 1.54) is 23.1 Å². The van der Waals surface area contributed by atoms with Gasteiger partial charge in [0, 0.05) is 18.7 Å². The fourth-order valence-electron chi connectivity index (χ4n) is 4.41. The Bertz CT molecular complexity index is 1570. The van der Waals surface area contributed by atoms with Gasteiger partial charge in [0.15, 0.2) is 0 Å². The number of ether oxygens (including phenoxy) is 2. The molecule has 0 spiro atoms. The summed E-state index contributed by atoms with van der Waals surface area (Å²) in [5.41, 5.74) is -1.41. The summed E-state index contributed by atoms with van der Waals surface area (Å²) in [6.07, 6.45) is -9.79. The first kappa shape index (κ1) is 28.5. The molecule has 1 aromatic heterocycles. The van der Waals surface area contributed by atoms with Crippen molar-refractivity contribution >= 4 is 33.1 Å². The Balaban J connectivity index is 1.65. The summed E-state index contributed by atoms with van der Waals surface area (Å²) in [6.45, 7) is 0.406. The lowest BCUT2D eigenvalue weighted by Crippen LogP contribution is -2.41. The van der Waals surface area contributed by atoms with E-state index >= 15 is 0 Å². The monoisotopic (exact) mass is 602 g/mol. The van der Waals surface area contributed by atoms with Crippen molar-refractivity contribution in [1.82, 2.24) is 9.88 Å². The molecule has 9 nitrogen and oxygen atoms in total. The van der Waals surface area contributed by atoms with Gasteiger partial charge in [0.05, 0.1) is 41.6 Å². The molecule has 0 aliphatic carbocycles. The normalized spacial score (nSPS) is 15.9. The highest BCUT2D eigenvalue weighted by Crippen LogP contribution is 2.42. The van der Waals surface area contributed by atoms with Crippen LogP contribution in [0.3, 0.4) is 0 Å². The van der Waals surface area contributed by atoms with Crippen LogP contribution in [0.15, 0.2) is 59.5 Å². The van der Waals surface area contributed by atoms with Crippen LogP contribution >= 0.6 is 0 Å². The van der Waals surface area contributed by atoms with Gasteiger partial charge in [-0.05, 0) is 42.5 Å². The summed E-state index contributed by atoms with van der Waals surface area (Å²) in [5, 5.41) is 2.74. The molecule has 2 aromatic carbocycles. The summed E-state index contributed by atoms with van der Waals surface area (Å²) >= 11 is 0. The summed E-state index contributed by atoms with van der Waals surface area (Å²) in [5.74, 6) is -1.48. The van der Waals surface area contributed by atoms with Crippen LogP contribution in [0.2, 0.25) is 0 Å². The summed E-state index contributed by atoms with van der Waals surface area (Å²) in [7, 11) is -4.62. The van der Waals surface area contributed by atoms with E-state index in [0.717, 1.165) is 34.6 Å². The number of rotatable bonds is 4. The van der Waals surface area contributed by atoms with Crippen LogP contribution in [0.4, 0.5) is 43.5 Å². The zero-order valence-corrected chi connectivity index (χ0v) is 21.6. The van der Waals surface area contributed by atoms with E-state index in [4.69, 9.17) is 4.74 Å². The van der Waals surface area contributed by atoms with E-state index in [9.17, 15) is 39.6 Å². The smallest absolute Gasteiger partial charge is 0.406 e. The maximum atomic E-state index is 14.0. The van der Waals surface area contributed by atoms with Gasteiger partial charge in [-0.15, -0.1) is 13.2 Å². The van der Waals surface area contributed by atoms with Gasteiger partial charge in [-0.2, -0.15) is 13.2 Å². The number of carbonyl (C=O) groups excluding carboxylic acids is 1. The third-order valence-corrected chi connectivity index (χ3v) is 8.06. The minimum Gasteiger partial charge on any atom is -0.406 e. The van der Waals surface area contributed by atoms with Gasteiger partial charge >= 0.3 is 12.5 Å². The minimum absolute atomic E-state index is 0.0183. The Morgan fingerprint density at radius 3 is 2.27 bits per heavy atom. The van der Waals surface area contributed by atoms with Gasteiger partial charge in [-0.25, -0.2) is 13.4 Å². The van der Waals surface area contributed by atoms with Crippen LogP contribution in [0.5, 0.6) is 5.75 Å².